The molecular formula is C15H22N4O2. The predicted molar refractivity (Wildman–Crippen MR) is 78.7 cm³/mol. The van der Waals surface area contributed by atoms with Crippen LogP contribution in [0.15, 0.2) is 12.4 Å². The maximum Gasteiger partial charge on any atom is 0.271 e. The topological polar surface area (TPSA) is 75.2 Å². The average Bonchev–Trinajstić information content (AvgIpc) is 2.48. The number of piperidine rings is 1. The van der Waals surface area contributed by atoms with E-state index in [1.54, 1.807) is 13.1 Å². The highest BCUT2D eigenvalue weighted by atomic mass is 16.2. The molecule has 1 fully saturated rings. The van der Waals surface area contributed by atoms with Crippen molar-refractivity contribution < 1.29 is 9.59 Å². The van der Waals surface area contributed by atoms with Crippen molar-refractivity contribution in [1.29, 1.82) is 0 Å². The van der Waals surface area contributed by atoms with Crippen LogP contribution in [0.1, 0.15) is 42.9 Å². The molecule has 6 nitrogen and oxygen atoms in total. The van der Waals surface area contributed by atoms with Crippen LogP contribution in [0.25, 0.3) is 0 Å². The second kappa shape index (κ2) is 7.15. The first-order chi connectivity index (χ1) is 10.1. The first-order valence-corrected chi connectivity index (χ1v) is 7.44. The molecule has 0 aliphatic carbocycles. The molecule has 1 aliphatic rings. The average molecular weight is 290 g/mol. The third kappa shape index (κ3) is 4.24. The molecule has 0 radical (unpaired) electrons. The van der Waals surface area contributed by atoms with Crippen molar-refractivity contribution in [1.82, 2.24) is 20.2 Å². The zero-order valence-electron chi connectivity index (χ0n) is 12.6. The van der Waals surface area contributed by atoms with Crippen molar-refractivity contribution in [3.8, 4) is 0 Å². The number of likely N-dealkylation sites (tertiary alicyclic amines) is 1. The summed E-state index contributed by atoms with van der Waals surface area (Å²) in [5, 5.41) is 2.70. The largest absolute Gasteiger partial charge is 0.351 e. The van der Waals surface area contributed by atoms with Gasteiger partial charge >= 0.3 is 0 Å². The van der Waals surface area contributed by atoms with Crippen LogP contribution in [0.4, 0.5) is 0 Å². The van der Waals surface area contributed by atoms with Crippen LogP contribution in [0.3, 0.4) is 0 Å². The van der Waals surface area contributed by atoms with Gasteiger partial charge in [-0.15, -0.1) is 0 Å². The molecule has 1 aromatic heterocycles. The van der Waals surface area contributed by atoms with Crippen molar-refractivity contribution in [3.05, 3.63) is 23.8 Å². The number of aromatic nitrogens is 2. The minimum atomic E-state index is -0.197. The summed E-state index contributed by atoms with van der Waals surface area (Å²) >= 11 is 0. The van der Waals surface area contributed by atoms with E-state index in [0.717, 1.165) is 38.0 Å². The summed E-state index contributed by atoms with van der Waals surface area (Å²) in [6.45, 7) is 5.70. The molecule has 1 aliphatic heterocycles. The van der Waals surface area contributed by atoms with Gasteiger partial charge in [0.15, 0.2) is 0 Å². The van der Waals surface area contributed by atoms with Crippen LogP contribution in [0, 0.1) is 5.92 Å². The van der Waals surface area contributed by atoms with Crippen LogP contribution in [-0.2, 0) is 11.2 Å². The highest BCUT2D eigenvalue weighted by Gasteiger charge is 2.22. The molecular weight excluding hydrogens is 268 g/mol. The Morgan fingerprint density at radius 1 is 1.38 bits per heavy atom. The van der Waals surface area contributed by atoms with Crippen LogP contribution in [0.2, 0.25) is 0 Å². The third-order valence-corrected chi connectivity index (χ3v) is 3.74. The van der Waals surface area contributed by atoms with E-state index in [1.165, 1.54) is 6.20 Å². The van der Waals surface area contributed by atoms with Gasteiger partial charge in [0.1, 0.15) is 5.69 Å². The smallest absolute Gasteiger partial charge is 0.271 e. The molecule has 1 atom stereocenters. The summed E-state index contributed by atoms with van der Waals surface area (Å²) in [6, 6.07) is 0. The van der Waals surface area contributed by atoms with Gasteiger partial charge < -0.3 is 10.2 Å². The number of carbonyl (C=O) groups excluding carboxylic acids is 2. The Balaban J connectivity index is 1.94. The Kier molecular flexibility index (Phi) is 5.25. The number of rotatable bonds is 4. The second-order valence-electron chi connectivity index (χ2n) is 5.43. The molecule has 1 aromatic rings. The van der Waals surface area contributed by atoms with Crippen molar-refractivity contribution in [2.45, 2.75) is 33.1 Å². The van der Waals surface area contributed by atoms with E-state index < -0.39 is 0 Å². The van der Waals surface area contributed by atoms with Gasteiger partial charge in [-0.25, -0.2) is 4.98 Å². The first-order valence-electron chi connectivity index (χ1n) is 7.44. The molecule has 0 saturated carbocycles. The zero-order chi connectivity index (χ0) is 15.2. The van der Waals surface area contributed by atoms with Gasteiger partial charge in [0.05, 0.1) is 11.9 Å². The maximum absolute atomic E-state index is 11.6. The summed E-state index contributed by atoms with van der Waals surface area (Å²) < 4.78 is 0. The molecule has 0 aromatic carbocycles. The lowest BCUT2D eigenvalue weighted by molar-refractivity contribution is -0.130. The summed E-state index contributed by atoms with van der Waals surface area (Å²) in [7, 11) is 0. The minimum absolute atomic E-state index is 0.136. The molecule has 1 saturated heterocycles. The lowest BCUT2D eigenvalue weighted by atomic mass is 9.93. The van der Waals surface area contributed by atoms with Crippen molar-refractivity contribution in [3.63, 3.8) is 0 Å². The van der Waals surface area contributed by atoms with E-state index in [4.69, 9.17) is 0 Å². The van der Waals surface area contributed by atoms with E-state index in [0.29, 0.717) is 18.2 Å². The maximum atomic E-state index is 11.6. The zero-order valence-corrected chi connectivity index (χ0v) is 12.6. The third-order valence-electron chi connectivity index (χ3n) is 3.74. The van der Waals surface area contributed by atoms with E-state index in [9.17, 15) is 9.59 Å². The normalized spacial score (nSPS) is 18.4. The predicted octanol–water partition coefficient (Wildman–Crippen LogP) is 1.03. The number of nitrogens with one attached hydrogen (secondary N) is 1. The van der Waals surface area contributed by atoms with Crippen LogP contribution >= 0.6 is 0 Å². The summed E-state index contributed by atoms with van der Waals surface area (Å²) in [5.74, 6) is 0.363. The summed E-state index contributed by atoms with van der Waals surface area (Å²) in [4.78, 5) is 33.4. The molecule has 6 heteroatoms. The van der Waals surface area contributed by atoms with Gasteiger partial charge in [-0.2, -0.15) is 0 Å². The number of hydrogen-bond acceptors (Lipinski definition) is 4. The lowest BCUT2D eigenvalue weighted by Gasteiger charge is -2.31. The monoisotopic (exact) mass is 290 g/mol. The molecule has 114 valence electrons. The fourth-order valence-electron chi connectivity index (χ4n) is 2.64. The molecule has 21 heavy (non-hydrogen) atoms. The molecule has 2 heterocycles. The fraction of sp³-hybridized carbons (Fsp3) is 0.600. The Morgan fingerprint density at radius 3 is 2.81 bits per heavy atom. The van der Waals surface area contributed by atoms with Crippen LogP contribution in [-0.4, -0.2) is 46.3 Å². The van der Waals surface area contributed by atoms with Gasteiger partial charge in [-0.1, -0.05) is 0 Å². The molecule has 0 bridgehead atoms. The van der Waals surface area contributed by atoms with Crippen molar-refractivity contribution in [2.75, 3.05) is 19.6 Å². The summed E-state index contributed by atoms with van der Waals surface area (Å²) in [5.41, 5.74) is 1.22. The van der Waals surface area contributed by atoms with Gasteiger partial charge in [0.2, 0.25) is 5.91 Å². The highest BCUT2D eigenvalue weighted by Crippen LogP contribution is 2.19. The number of amides is 2. The Bertz CT molecular complexity index is 501. The van der Waals surface area contributed by atoms with E-state index in [1.807, 2.05) is 11.8 Å². The molecule has 2 rings (SSSR count). The quantitative estimate of drug-likeness (QED) is 0.898. The molecule has 0 spiro atoms. The van der Waals surface area contributed by atoms with Crippen molar-refractivity contribution >= 4 is 11.8 Å². The Labute approximate surface area is 125 Å². The van der Waals surface area contributed by atoms with E-state index in [-0.39, 0.29) is 11.8 Å². The van der Waals surface area contributed by atoms with Crippen LogP contribution in [0.5, 0.6) is 0 Å². The number of hydrogen-bond donors (Lipinski definition) is 1. The second-order valence-corrected chi connectivity index (χ2v) is 5.43. The fourth-order valence-corrected chi connectivity index (χ4v) is 2.64. The lowest BCUT2D eigenvalue weighted by Crippen LogP contribution is -2.39. The molecule has 2 amide bonds. The minimum Gasteiger partial charge on any atom is -0.351 e. The van der Waals surface area contributed by atoms with E-state index >= 15 is 0 Å². The van der Waals surface area contributed by atoms with Crippen molar-refractivity contribution in [2.24, 2.45) is 5.92 Å². The number of nitrogens with zero attached hydrogens (tertiary/aromatic N) is 3. The van der Waals surface area contributed by atoms with Gasteiger partial charge in [0.25, 0.3) is 5.91 Å². The summed E-state index contributed by atoms with van der Waals surface area (Å²) in [6.07, 6.45) is 6.12. The Morgan fingerprint density at radius 2 is 2.19 bits per heavy atom. The Hall–Kier alpha value is -1.98. The van der Waals surface area contributed by atoms with E-state index in [2.05, 4.69) is 15.3 Å². The number of carbonyl (C=O) groups is 2. The van der Waals surface area contributed by atoms with Gasteiger partial charge in [0, 0.05) is 32.8 Å². The highest BCUT2D eigenvalue weighted by molar-refractivity contribution is 5.91. The first kappa shape index (κ1) is 15.4. The standard InChI is InChI=1S/C15H22N4O2/c1-3-16-15(21)14-9-17-13(8-18-14)7-12-5-4-6-19(10-12)11(2)20/h8-9,12H,3-7,10H2,1-2H3,(H,16,21)/t12-/m0/s1. The van der Waals surface area contributed by atoms with Gasteiger partial charge in [-0.3, -0.25) is 14.6 Å². The van der Waals surface area contributed by atoms with Gasteiger partial charge in [-0.05, 0) is 32.1 Å². The molecule has 1 N–H and O–H groups in total. The SMILES string of the molecule is CCNC(=O)c1cnc(C[C@@H]2CCCN(C(C)=O)C2)cn1. The van der Waals surface area contributed by atoms with Crippen LogP contribution < -0.4 is 5.32 Å². The molecule has 0 unspecified atom stereocenters.